The summed E-state index contributed by atoms with van der Waals surface area (Å²) in [5.41, 5.74) is 5.08. The molecule has 0 bridgehead atoms. The molecule has 0 amide bonds. The van der Waals surface area contributed by atoms with Crippen LogP contribution in [-0.4, -0.2) is 32.2 Å². The van der Waals surface area contributed by atoms with Crippen molar-refractivity contribution in [1.82, 2.24) is 9.78 Å². The number of rotatable bonds is 6. The molecule has 4 aromatic rings. The summed E-state index contributed by atoms with van der Waals surface area (Å²) in [4.78, 5) is 11.1. The molecule has 1 aromatic heterocycles. The lowest BCUT2D eigenvalue weighted by Crippen LogP contribution is -1.98. The monoisotopic (exact) mass is 434 g/mol. The maximum absolute atomic E-state index is 13.8. The number of nitrogens with zero attached hydrogens (tertiary/aromatic N) is 3. The number of carboxylic acid groups (broad SMARTS) is 1. The molecule has 9 heteroatoms. The van der Waals surface area contributed by atoms with Gasteiger partial charge in [0.1, 0.15) is 17.3 Å². The number of anilines is 1. The predicted molar refractivity (Wildman–Crippen MR) is 115 cm³/mol. The number of hydrazone groups is 1. The van der Waals surface area contributed by atoms with Crippen LogP contribution in [0.2, 0.25) is 0 Å². The normalized spacial score (nSPS) is 11.1. The zero-order chi connectivity index (χ0) is 22.7. The minimum atomic E-state index is -1.03. The van der Waals surface area contributed by atoms with Gasteiger partial charge in [0.2, 0.25) is 0 Å². The standard InChI is InChI=1S/C23H16F2N4O3/c24-17-5-10-21(20(25)11-17)27-26-12-16-13-29(18-6-1-15(2-7-18)23(31)32)28-22(16)14-3-8-19(30)9-4-14/h1-13,27,30H,(H,31,32)/b26-12+. The van der Waals surface area contributed by atoms with Crippen molar-refractivity contribution in [3.8, 4) is 22.7 Å². The van der Waals surface area contributed by atoms with E-state index < -0.39 is 17.6 Å². The van der Waals surface area contributed by atoms with Crippen LogP contribution >= 0.6 is 0 Å². The highest BCUT2D eigenvalue weighted by atomic mass is 19.1. The van der Waals surface area contributed by atoms with Crippen molar-refractivity contribution in [3.05, 3.63) is 95.7 Å². The van der Waals surface area contributed by atoms with E-state index >= 15 is 0 Å². The smallest absolute Gasteiger partial charge is 0.335 e. The molecule has 4 rings (SSSR count). The maximum atomic E-state index is 13.8. The number of hydrogen-bond acceptors (Lipinski definition) is 5. The maximum Gasteiger partial charge on any atom is 0.335 e. The molecule has 0 radical (unpaired) electrons. The molecule has 0 unspecified atom stereocenters. The Morgan fingerprint density at radius 3 is 2.41 bits per heavy atom. The molecule has 0 fully saturated rings. The molecule has 0 saturated heterocycles. The Labute approximate surface area is 180 Å². The lowest BCUT2D eigenvalue weighted by molar-refractivity contribution is 0.0697. The summed E-state index contributed by atoms with van der Waals surface area (Å²) in [7, 11) is 0. The molecule has 0 atom stereocenters. The second-order valence-corrected chi connectivity index (χ2v) is 6.77. The van der Waals surface area contributed by atoms with Crippen LogP contribution < -0.4 is 5.43 Å². The van der Waals surface area contributed by atoms with Gasteiger partial charge in [0.05, 0.1) is 23.2 Å². The average Bonchev–Trinajstić information content (AvgIpc) is 3.20. The molecule has 32 heavy (non-hydrogen) atoms. The van der Waals surface area contributed by atoms with Gasteiger partial charge in [-0.05, 0) is 60.7 Å². The van der Waals surface area contributed by atoms with Crippen molar-refractivity contribution < 1.29 is 23.8 Å². The number of carboxylic acids is 1. The molecule has 0 saturated carbocycles. The van der Waals surface area contributed by atoms with Crippen molar-refractivity contribution >= 4 is 17.9 Å². The number of benzene rings is 3. The number of phenols is 1. The Morgan fingerprint density at radius 2 is 1.75 bits per heavy atom. The van der Waals surface area contributed by atoms with Crippen molar-refractivity contribution in [2.24, 2.45) is 5.10 Å². The largest absolute Gasteiger partial charge is 0.508 e. The predicted octanol–water partition coefficient (Wildman–Crippen LogP) is 4.67. The van der Waals surface area contributed by atoms with Gasteiger partial charge >= 0.3 is 5.97 Å². The molecule has 3 N–H and O–H groups in total. The molecule has 0 aliphatic carbocycles. The lowest BCUT2D eigenvalue weighted by atomic mass is 10.1. The van der Waals surface area contributed by atoms with Crippen LogP contribution in [0.4, 0.5) is 14.5 Å². The van der Waals surface area contributed by atoms with Gasteiger partial charge in [0, 0.05) is 23.4 Å². The zero-order valence-electron chi connectivity index (χ0n) is 16.4. The van der Waals surface area contributed by atoms with Crippen LogP contribution in [0.1, 0.15) is 15.9 Å². The fraction of sp³-hybridized carbons (Fsp3) is 0. The van der Waals surface area contributed by atoms with Crippen LogP contribution in [0.15, 0.2) is 78.0 Å². The molecular weight excluding hydrogens is 418 g/mol. The lowest BCUT2D eigenvalue weighted by Gasteiger charge is -2.02. The summed E-state index contributed by atoms with van der Waals surface area (Å²) < 4.78 is 28.4. The first kappa shape index (κ1) is 20.7. The van der Waals surface area contributed by atoms with Gasteiger partial charge in [0.25, 0.3) is 0 Å². The number of aromatic carboxylic acids is 1. The molecule has 160 valence electrons. The first-order valence-electron chi connectivity index (χ1n) is 9.37. The molecule has 0 spiro atoms. The Morgan fingerprint density at radius 1 is 1.03 bits per heavy atom. The van der Waals surface area contributed by atoms with Gasteiger partial charge in [-0.15, -0.1) is 0 Å². The Hall–Kier alpha value is -4.53. The van der Waals surface area contributed by atoms with E-state index in [9.17, 15) is 18.7 Å². The van der Waals surface area contributed by atoms with Gasteiger partial charge < -0.3 is 10.2 Å². The molecule has 3 aromatic carbocycles. The number of nitrogens with one attached hydrogen (secondary N) is 1. The van der Waals surface area contributed by atoms with E-state index in [4.69, 9.17) is 5.11 Å². The number of aromatic hydroxyl groups is 1. The van der Waals surface area contributed by atoms with Gasteiger partial charge in [0.15, 0.2) is 5.82 Å². The summed E-state index contributed by atoms with van der Waals surface area (Å²) in [6.07, 6.45) is 3.10. The van der Waals surface area contributed by atoms with Crippen LogP contribution in [0.25, 0.3) is 16.9 Å². The van der Waals surface area contributed by atoms with Gasteiger partial charge in [-0.1, -0.05) is 0 Å². The zero-order valence-corrected chi connectivity index (χ0v) is 16.4. The Bertz CT molecular complexity index is 1300. The molecular formula is C23H16F2N4O3. The van der Waals surface area contributed by atoms with Gasteiger partial charge in [-0.25, -0.2) is 18.3 Å². The Balaban J connectivity index is 1.69. The van der Waals surface area contributed by atoms with E-state index in [2.05, 4.69) is 15.6 Å². The highest BCUT2D eigenvalue weighted by molar-refractivity contribution is 5.89. The third-order valence-corrected chi connectivity index (χ3v) is 4.58. The molecule has 0 aliphatic rings. The fourth-order valence-electron chi connectivity index (χ4n) is 2.97. The van der Waals surface area contributed by atoms with E-state index in [0.29, 0.717) is 22.5 Å². The van der Waals surface area contributed by atoms with Crippen molar-refractivity contribution in [2.75, 3.05) is 5.43 Å². The summed E-state index contributed by atoms with van der Waals surface area (Å²) in [5, 5.41) is 27.2. The molecule has 1 heterocycles. The number of phenolic OH excluding ortho intramolecular Hbond substituents is 1. The minimum Gasteiger partial charge on any atom is -0.508 e. The number of carbonyl (C=O) groups is 1. The van der Waals surface area contributed by atoms with Gasteiger partial charge in [-0.3, -0.25) is 5.43 Å². The van der Waals surface area contributed by atoms with E-state index in [1.54, 1.807) is 35.1 Å². The molecule has 0 aliphatic heterocycles. The van der Waals surface area contributed by atoms with E-state index in [-0.39, 0.29) is 17.0 Å². The van der Waals surface area contributed by atoms with Gasteiger partial charge in [-0.2, -0.15) is 10.2 Å². The topological polar surface area (TPSA) is 99.7 Å². The Kier molecular flexibility index (Phi) is 5.63. The summed E-state index contributed by atoms with van der Waals surface area (Å²) in [6, 6.07) is 15.6. The minimum absolute atomic E-state index is 0.00508. The SMILES string of the molecule is O=C(O)c1ccc(-n2cc(/C=N/Nc3ccc(F)cc3F)c(-c3ccc(O)cc3)n2)cc1. The third kappa shape index (κ3) is 4.46. The van der Waals surface area contributed by atoms with Crippen molar-refractivity contribution in [1.29, 1.82) is 0 Å². The van der Waals surface area contributed by atoms with E-state index in [0.717, 1.165) is 12.1 Å². The summed E-state index contributed by atoms with van der Waals surface area (Å²) in [6.45, 7) is 0. The van der Waals surface area contributed by atoms with Crippen LogP contribution in [0.3, 0.4) is 0 Å². The number of halogens is 2. The second kappa shape index (κ2) is 8.68. The molecule has 7 nitrogen and oxygen atoms in total. The first-order chi connectivity index (χ1) is 15.4. The van der Waals surface area contributed by atoms with Crippen molar-refractivity contribution in [3.63, 3.8) is 0 Å². The van der Waals surface area contributed by atoms with Crippen LogP contribution in [-0.2, 0) is 0 Å². The third-order valence-electron chi connectivity index (χ3n) is 4.58. The number of hydrogen-bond donors (Lipinski definition) is 3. The highest BCUT2D eigenvalue weighted by Gasteiger charge is 2.12. The van der Waals surface area contributed by atoms with Crippen LogP contribution in [0.5, 0.6) is 5.75 Å². The van der Waals surface area contributed by atoms with Crippen LogP contribution in [0, 0.1) is 11.6 Å². The highest BCUT2D eigenvalue weighted by Crippen LogP contribution is 2.25. The summed E-state index contributed by atoms with van der Waals surface area (Å²) in [5.74, 6) is -2.41. The van der Waals surface area contributed by atoms with E-state index in [1.165, 1.54) is 36.5 Å². The number of aromatic nitrogens is 2. The first-order valence-corrected chi connectivity index (χ1v) is 9.37. The second-order valence-electron chi connectivity index (χ2n) is 6.77. The quantitative estimate of drug-likeness (QED) is 0.303. The fourth-order valence-corrected chi connectivity index (χ4v) is 2.97. The average molecular weight is 434 g/mol. The van der Waals surface area contributed by atoms with Crippen molar-refractivity contribution in [2.45, 2.75) is 0 Å². The summed E-state index contributed by atoms with van der Waals surface area (Å²) >= 11 is 0. The van der Waals surface area contributed by atoms with E-state index in [1.807, 2.05) is 0 Å².